The molecule has 0 bridgehead atoms. The van der Waals surface area contributed by atoms with Gasteiger partial charge in [0, 0.05) is 11.8 Å². The smallest absolute Gasteiger partial charge is 0.139 e. The quantitative estimate of drug-likeness (QED) is 0.622. The van der Waals surface area contributed by atoms with Gasteiger partial charge in [-0.25, -0.2) is 0 Å². The van der Waals surface area contributed by atoms with Crippen LogP contribution in [0.4, 0.5) is 0 Å². The molecular formula is C20H30O. The molecule has 0 saturated heterocycles. The number of Topliss-reactive ketones (excluding diaryl/α,β-unsaturated/α-hetero) is 1. The van der Waals surface area contributed by atoms with Crippen molar-refractivity contribution < 1.29 is 4.79 Å². The Kier molecular flexibility index (Phi) is 2.47. The topological polar surface area (TPSA) is 17.1 Å². The van der Waals surface area contributed by atoms with Crippen LogP contribution in [0, 0.1) is 46.3 Å². The van der Waals surface area contributed by atoms with E-state index >= 15 is 0 Å². The molecule has 0 heterocycles. The summed E-state index contributed by atoms with van der Waals surface area (Å²) in [5, 5.41) is 0. The van der Waals surface area contributed by atoms with Gasteiger partial charge in [-0.3, -0.25) is 4.79 Å². The minimum absolute atomic E-state index is 0.0714. The molecule has 1 nitrogen and oxygen atoms in total. The van der Waals surface area contributed by atoms with Crippen molar-refractivity contribution in [3.63, 3.8) is 0 Å². The van der Waals surface area contributed by atoms with Gasteiger partial charge in [0.2, 0.25) is 0 Å². The third kappa shape index (κ3) is 1.47. The summed E-state index contributed by atoms with van der Waals surface area (Å²) in [5.41, 5.74) is 0.723. The van der Waals surface area contributed by atoms with Crippen molar-refractivity contribution in [1.82, 2.24) is 0 Å². The van der Waals surface area contributed by atoms with E-state index in [0.29, 0.717) is 11.2 Å². The SMILES string of the molecule is C[C@]12C3C[C@H]3CC[C@@H]1CC[C@@H]1[C@@H]2CC[C@]2(C)C(=O)CC[C@@H]12. The van der Waals surface area contributed by atoms with Crippen LogP contribution in [0.2, 0.25) is 0 Å². The highest BCUT2D eigenvalue weighted by Gasteiger charge is 2.65. The molecule has 21 heavy (non-hydrogen) atoms. The molecule has 0 N–H and O–H groups in total. The summed E-state index contributed by atoms with van der Waals surface area (Å²) in [6.07, 6.45) is 12.2. The van der Waals surface area contributed by atoms with E-state index in [9.17, 15) is 4.79 Å². The summed E-state index contributed by atoms with van der Waals surface area (Å²) < 4.78 is 0. The second-order valence-corrected chi connectivity index (χ2v) is 9.61. The molecule has 1 heteroatoms. The van der Waals surface area contributed by atoms with Gasteiger partial charge in [0.25, 0.3) is 0 Å². The largest absolute Gasteiger partial charge is 0.299 e. The van der Waals surface area contributed by atoms with Crippen molar-refractivity contribution >= 4 is 5.78 Å². The van der Waals surface area contributed by atoms with Gasteiger partial charge >= 0.3 is 0 Å². The van der Waals surface area contributed by atoms with Crippen LogP contribution in [-0.4, -0.2) is 5.78 Å². The van der Waals surface area contributed by atoms with Crippen LogP contribution >= 0.6 is 0 Å². The van der Waals surface area contributed by atoms with E-state index in [1.165, 1.54) is 51.4 Å². The maximum absolute atomic E-state index is 12.4. The predicted octanol–water partition coefficient (Wildman–Crippen LogP) is 4.84. The molecule has 5 rings (SSSR count). The molecule has 8 atom stereocenters. The van der Waals surface area contributed by atoms with E-state index < -0.39 is 0 Å². The standard InChI is InChI=1S/C20H30O/c1-19-10-9-16-14(15(19)7-8-18(19)21)6-5-13-4-3-12-11-17(12)20(13,16)2/h12-17H,3-11H2,1-2H3/t12-,13-,14+,15+,16+,17?,19+,20+/m1/s1. The fourth-order valence-electron chi connectivity index (χ4n) is 8.02. The van der Waals surface area contributed by atoms with Crippen LogP contribution < -0.4 is 0 Å². The summed E-state index contributed by atoms with van der Waals surface area (Å²) >= 11 is 0. The summed E-state index contributed by atoms with van der Waals surface area (Å²) in [6.45, 7) is 5.00. The van der Waals surface area contributed by atoms with Crippen molar-refractivity contribution in [1.29, 1.82) is 0 Å². The zero-order valence-corrected chi connectivity index (χ0v) is 13.7. The molecule has 116 valence electrons. The molecule has 0 aromatic heterocycles. The van der Waals surface area contributed by atoms with E-state index in [4.69, 9.17) is 0 Å². The molecule has 0 amide bonds. The van der Waals surface area contributed by atoms with Crippen molar-refractivity contribution in [3.05, 3.63) is 0 Å². The monoisotopic (exact) mass is 286 g/mol. The average molecular weight is 286 g/mol. The van der Waals surface area contributed by atoms with E-state index in [-0.39, 0.29) is 5.41 Å². The van der Waals surface area contributed by atoms with E-state index in [2.05, 4.69) is 13.8 Å². The molecule has 5 fully saturated rings. The fraction of sp³-hybridized carbons (Fsp3) is 0.950. The summed E-state index contributed by atoms with van der Waals surface area (Å²) in [6, 6.07) is 0. The van der Waals surface area contributed by atoms with Gasteiger partial charge in [-0.15, -0.1) is 0 Å². The van der Waals surface area contributed by atoms with Gasteiger partial charge in [0.1, 0.15) is 5.78 Å². The lowest BCUT2D eigenvalue weighted by atomic mass is 9.45. The van der Waals surface area contributed by atoms with E-state index in [1.54, 1.807) is 0 Å². The van der Waals surface area contributed by atoms with Gasteiger partial charge in [-0.2, -0.15) is 0 Å². The molecule has 0 spiro atoms. The first-order valence-electron chi connectivity index (χ1n) is 9.58. The molecule has 0 radical (unpaired) electrons. The second-order valence-electron chi connectivity index (χ2n) is 9.61. The van der Waals surface area contributed by atoms with Crippen molar-refractivity contribution in [2.45, 2.75) is 71.6 Å². The lowest BCUT2D eigenvalue weighted by Gasteiger charge is -2.59. The summed E-state index contributed by atoms with van der Waals surface area (Å²) in [7, 11) is 0. The number of rotatable bonds is 0. The predicted molar refractivity (Wildman–Crippen MR) is 83.7 cm³/mol. The Morgan fingerprint density at radius 2 is 1.71 bits per heavy atom. The molecule has 1 unspecified atom stereocenters. The second kappa shape index (κ2) is 3.95. The van der Waals surface area contributed by atoms with Crippen LogP contribution in [0.1, 0.15) is 71.6 Å². The Morgan fingerprint density at radius 3 is 2.57 bits per heavy atom. The van der Waals surface area contributed by atoms with Crippen LogP contribution in [0.5, 0.6) is 0 Å². The maximum Gasteiger partial charge on any atom is 0.139 e. The highest BCUT2D eigenvalue weighted by Crippen LogP contribution is 2.72. The molecular weight excluding hydrogens is 256 g/mol. The Bertz CT molecular complexity index is 496. The van der Waals surface area contributed by atoms with E-state index in [1.807, 2.05) is 0 Å². The van der Waals surface area contributed by atoms with Gasteiger partial charge in [-0.1, -0.05) is 13.8 Å². The third-order valence-electron chi connectivity index (χ3n) is 9.28. The normalized spacial score (nSPS) is 61.5. The third-order valence-corrected chi connectivity index (χ3v) is 9.28. The molecule has 0 aliphatic heterocycles. The minimum Gasteiger partial charge on any atom is -0.299 e. The Labute approximate surface area is 129 Å². The Morgan fingerprint density at radius 1 is 0.905 bits per heavy atom. The highest BCUT2D eigenvalue weighted by molar-refractivity contribution is 5.87. The number of ketones is 1. The van der Waals surface area contributed by atoms with Gasteiger partial charge < -0.3 is 0 Å². The molecule has 5 aliphatic rings. The van der Waals surface area contributed by atoms with Gasteiger partial charge in [0.05, 0.1) is 0 Å². The number of fused-ring (bicyclic) bond motifs is 7. The van der Waals surface area contributed by atoms with Crippen molar-refractivity contribution in [2.24, 2.45) is 46.3 Å². The Hall–Kier alpha value is -0.330. The number of carbonyl (C=O) groups excluding carboxylic acids is 1. The van der Waals surface area contributed by atoms with Crippen LogP contribution in [0.15, 0.2) is 0 Å². The molecule has 5 saturated carbocycles. The van der Waals surface area contributed by atoms with Crippen LogP contribution in [-0.2, 0) is 4.79 Å². The first-order chi connectivity index (χ1) is 10.0. The minimum atomic E-state index is 0.0714. The molecule has 0 aromatic rings. The molecule has 5 aliphatic carbocycles. The number of hydrogen-bond donors (Lipinski definition) is 0. The fourth-order valence-corrected chi connectivity index (χ4v) is 8.02. The Balaban J connectivity index is 1.52. The van der Waals surface area contributed by atoms with Crippen LogP contribution in [0.3, 0.4) is 0 Å². The summed E-state index contributed by atoms with van der Waals surface area (Å²) in [4.78, 5) is 12.4. The van der Waals surface area contributed by atoms with Gasteiger partial charge in [-0.05, 0) is 92.3 Å². The van der Waals surface area contributed by atoms with Gasteiger partial charge in [0.15, 0.2) is 0 Å². The van der Waals surface area contributed by atoms with Crippen LogP contribution in [0.25, 0.3) is 0 Å². The summed E-state index contributed by atoms with van der Waals surface area (Å²) in [5.74, 6) is 6.34. The number of hydrogen-bond acceptors (Lipinski definition) is 1. The lowest BCUT2D eigenvalue weighted by molar-refractivity contribution is -0.140. The maximum atomic E-state index is 12.4. The number of carbonyl (C=O) groups is 1. The first kappa shape index (κ1) is 13.1. The zero-order valence-electron chi connectivity index (χ0n) is 13.7. The zero-order chi connectivity index (χ0) is 14.4. The highest BCUT2D eigenvalue weighted by atomic mass is 16.1. The van der Waals surface area contributed by atoms with E-state index in [0.717, 1.165) is 41.9 Å². The lowest BCUT2D eigenvalue weighted by Crippen LogP contribution is -2.53. The molecule has 0 aromatic carbocycles. The van der Waals surface area contributed by atoms with Crippen molar-refractivity contribution in [2.75, 3.05) is 0 Å². The first-order valence-corrected chi connectivity index (χ1v) is 9.58. The van der Waals surface area contributed by atoms with Crippen molar-refractivity contribution in [3.8, 4) is 0 Å². The average Bonchev–Trinajstić information content (AvgIpc) is 3.20.